The van der Waals surface area contributed by atoms with Gasteiger partial charge in [0.15, 0.2) is 0 Å². The Balaban J connectivity index is 2.41. The van der Waals surface area contributed by atoms with Crippen molar-refractivity contribution in [2.24, 2.45) is 5.92 Å². The van der Waals surface area contributed by atoms with Crippen molar-refractivity contribution < 1.29 is 9.59 Å². The molecule has 0 heterocycles. The predicted octanol–water partition coefficient (Wildman–Crippen LogP) is 1.98. The quantitative estimate of drug-likeness (QED) is 0.779. The summed E-state index contributed by atoms with van der Waals surface area (Å²) in [5.74, 6) is -0.0546. The van der Waals surface area contributed by atoms with Crippen molar-refractivity contribution in [1.82, 2.24) is 10.6 Å². The number of carbonyl (C=O) groups excluding carboxylic acids is 2. The van der Waals surface area contributed by atoms with Crippen molar-refractivity contribution in [3.8, 4) is 0 Å². The second kappa shape index (κ2) is 8.15. The zero-order valence-electron chi connectivity index (χ0n) is 12.2. The summed E-state index contributed by atoms with van der Waals surface area (Å²) in [6.07, 6.45) is 3.15. The van der Waals surface area contributed by atoms with E-state index in [1.165, 1.54) is 6.08 Å². The first-order chi connectivity index (χ1) is 9.49. The molecule has 2 amide bonds. The summed E-state index contributed by atoms with van der Waals surface area (Å²) >= 11 is 0. The highest BCUT2D eigenvalue weighted by Gasteiger charge is 2.13. The van der Waals surface area contributed by atoms with Crippen molar-refractivity contribution in [2.75, 3.05) is 6.54 Å². The Bertz CT molecular complexity index is 467. The molecule has 1 aromatic carbocycles. The van der Waals surface area contributed by atoms with Gasteiger partial charge in [-0.3, -0.25) is 9.59 Å². The molecule has 1 aromatic rings. The zero-order valence-corrected chi connectivity index (χ0v) is 12.2. The van der Waals surface area contributed by atoms with E-state index in [4.69, 9.17) is 0 Å². The summed E-state index contributed by atoms with van der Waals surface area (Å²) in [5.41, 5.74) is 0.944. The van der Waals surface area contributed by atoms with Gasteiger partial charge in [0.25, 0.3) is 0 Å². The first kappa shape index (κ1) is 16.0. The van der Waals surface area contributed by atoms with Crippen LogP contribution in [0.15, 0.2) is 36.4 Å². The number of hydrogen-bond acceptors (Lipinski definition) is 2. The van der Waals surface area contributed by atoms with E-state index in [1.807, 2.05) is 44.2 Å². The molecule has 1 rings (SSSR count). The number of nitrogens with one attached hydrogen (secondary N) is 2. The molecule has 2 N–H and O–H groups in total. The van der Waals surface area contributed by atoms with Gasteiger partial charge in [0.1, 0.15) is 6.04 Å². The second-order valence-corrected chi connectivity index (χ2v) is 5.11. The number of carbonyl (C=O) groups is 2. The maximum atomic E-state index is 11.7. The summed E-state index contributed by atoms with van der Waals surface area (Å²) < 4.78 is 0. The molecule has 4 nitrogen and oxygen atoms in total. The topological polar surface area (TPSA) is 58.2 Å². The van der Waals surface area contributed by atoms with Crippen LogP contribution in [0.3, 0.4) is 0 Å². The molecule has 108 valence electrons. The van der Waals surface area contributed by atoms with E-state index in [1.54, 1.807) is 13.0 Å². The molecule has 1 atom stereocenters. The Morgan fingerprint density at radius 2 is 1.80 bits per heavy atom. The highest BCUT2D eigenvalue weighted by molar-refractivity contribution is 5.95. The van der Waals surface area contributed by atoms with Gasteiger partial charge in [0, 0.05) is 12.6 Å². The van der Waals surface area contributed by atoms with E-state index in [9.17, 15) is 9.59 Å². The number of hydrogen-bond donors (Lipinski definition) is 2. The predicted molar refractivity (Wildman–Crippen MR) is 80.9 cm³/mol. The highest BCUT2D eigenvalue weighted by atomic mass is 16.2. The minimum absolute atomic E-state index is 0.167. The van der Waals surface area contributed by atoms with Crippen LogP contribution in [0.25, 0.3) is 6.08 Å². The van der Waals surface area contributed by atoms with Gasteiger partial charge in [0.2, 0.25) is 11.8 Å². The highest BCUT2D eigenvalue weighted by Crippen LogP contribution is 2.00. The Morgan fingerprint density at radius 3 is 2.40 bits per heavy atom. The lowest BCUT2D eigenvalue weighted by atomic mass is 10.2. The SMILES string of the molecule is CC(C)CNC(=O)C(C)NC(=O)/C=C/c1ccccc1. The van der Waals surface area contributed by atoms with Crippen molar-refractivity contribution in [3.05, 3.63) is 42.0 Å². The Kier molecular flexibility index (Phi) is 6.50. The third-order valence-electron chi connectivity index (χ3n) is 2.66. The maximum Gasteiger partial charge on any atom is 0.244 e. The van der Waals surface area contributed by atoms with Crippen molar-refractivity contribution >= 4 is 17.9 Å². The van der Waals surface area contributed by atoms with Crippen LogP contribution in [0.4, 0.5) is 0 Å². The molecular formula is C16H22N2O2. The lowest BCUT2D eigenvalue weighted by Crippen LogP contribution is -2.45. The van der Waals surface area contributed by atoms with Gasteiger partial charge < -0.3 is 10.6 Å². The Labute approximate surface area is 120 Å². The van der Waals surface area contributed by atoms with E-state index < -0.39 is 6.04 Å². The van der Waals surface area contributed by atoms with E-state index in [0.717, 1.165) is 5.56 Å². The first-order valence-electron chi connectivity index (χ1n) is 6.80. The van der Waals surface area contributed by atoms with Gasteiger partial charge in [0.05, 0.1) is 0 Å². The van der Waals surface area contributed by atoms with Crippen LogP contribution in [0.1, 0.15) is 26.3 Å². The van der Waals surface area contributed by atoms with E-state index in [-0.39, 0.29) is 11.8 Å². The van der Waals surface area contributed by atoms with Gasteiger partial charge in [-0.05, 0) is 24.5 Å². The molecule has 1 unspecified atom stereocenters. The fourth-order valence-electron chi connectivity index (χ4n) is 1.52. The zero-order chi connectivity index (χ0) is 15.0. The van der Waals surface area contributed by atoms with Crippen LogP contribution in [0, 0.1) is 5.92 Å². The molecule has 0 radical (unpaired) electrons. The van der Waals surface area contributed by atoms with Crippen LogP contribution >= 0.6 is 0 Å². The van der Waals surface area contributed by atoms with Crippen LogP contribution in [0.2, 0.25) is 0 Å². The number of benzene rings is 1. The van der Waals surface area contributed by atoms with Crippen LogP contribution in [-0.4, -0.2) is 24.4 Å². The third kappa shape index (κ3) is 6.18. The molecule has 0 fully saturated rings. The average Bonchev–Trinajstić information content (AvgIpc) is 2.43. The average molecular weight is 274 g/mol. The second-order valence-electron chi connectivity index (χ2n) is 5.11. The number of rotatable bonds is 6. The largest absolute Gasteiger partial charge is 0.354 e. The number of amides is 2. The smallest absolute Gasteiger partial charge is 0.244 e. The summed E-state index contributed by atoms with van der Waals surface area (Å²) in [6.45, 7) is 6.32. The molecule has 0 aliphatic heterocycles. The Hall–Kier alpha value is -2.10. The minimum atomic E-state index is -0.540. The van der Waals surface area contributed by atoms with Crippen molar-refractivity contribution in [3.63, 3.8) is 0 Å². The molecule has 0 aromatic heterocycles. The monoisotopic (exact) mass is 274 g/mol. The summed E-state index contributed by atoms with van der Waals surface area (Å²) in [6, 6.07) is 8.99. The van der Waals surface area contributed by atoms with Gasteiger partial charge in [-0.25, -0.2) is 0 Å². The summed E-state index contributed by atoms with van der Waals surface area (Å²) in [5, 5.41) is 5.42. The van der Waals surface area contributed by atoms with Crippen LogP contribution in [0.5, 0.6) is 0 Å². The standard InChI is InChI=1S/C16H22N2O2/c1-12(2)11-17-16(20)13(3)18-15(19)10-9-14-7-5-4-6-8-14/h4-10,12-13H,11H2,1-3H3,(H,17,20)(H,18,19)/b10-9+. The Morgan fingerprint density at radius 1 is 1.15 bits per heavy atom. The lowest BCUT2D eigenvalue weighted by molar-refractivity contribution is -0.126. The summed E-state index contributed by atoms with van der Waals surface area (Å²) in [4.78, 5) is 23.4. The lowest BCUT2D eigenvalue weighted by Gasteiger charge is -2.14. The van der Waals surface area contributed by atoms with Crippen LogP contribution in [-0.2, 0) is 9.59 Å². The normalized spacial score (nSPS) is 12.4. The fourth-order valence-corrected chi connectivity index (χ4v) is 1.52. The van der Waals surface area contributed by atoms with E-state index in [0.29, 0.717) is 12.5 Å². The molecule has 20 heavy (non-hydrogen) atoms. The molecule has 0 aliphatic rings. The van der Waals surface area contributed by atoms with Crippen molar-refractivity contribution in [2.45, 2.75) is 26.8 Å². The maximum absolute atomic E-state index is 11.7. The first-order valence-corrected chi connectivity index (χ1v) is 6.80. The van der Waals surface area contributed by atoms with E-state index in [2.05, 4.69) is 10.6 Å². The molecule has 0 spiro atoms. The van der Waals surface area contributed by atoms with Gasteiger partial charge in [-0.2, -0.15) is 0 Å². The van der Waals surface area contributed by atoms with Crippen LogP contribution < -0.4 is 10.6 Å². The molecule has 0 bridgehead atoms. The molecule has 0 aliphatic carbocycles. The van der Waals surface area contributed by atoms with Gasteiger partial charge in [-0.15, -0.1) is 0 Å². The van der Waals surface area contributed by atoms with Gasteiger partial charge >= 0.3 is 0 Å². The molecule has 4 heteroatoms. The van der Waals surface area contributed by atoms with Crippen molar-refractivity contribution in [1.29, 1.82) is 0 Å². The minimum Gasteiger partial charge on any atom is -0.354 e. The molecular weight excluding hydrogens is 252 g/mol. The summed E-state index contributed by atoms with van der Waals surface area (Å²) in [7, 11) is 0. The molecule has 0 saturated heterocycles. The fraction of sp³-hybridized carbons (Fsp3) is 0.375. The van der Waals surface area contributed by atoms with E-state index >= 15 is 0 Å². The van der Waals surface area contributed by atoms with Gasteiger partial charge in [-0.1, -0.05) is 44.2 Å². The molecule has 0 saturated carbocycles. The third-order valence-corrected chi connectivity index (χ3v) is 2.66.